The number of ether oxygens (including phenoxy) is 1. The molecular weight excluding hydrogens is 346 g/mol. The lowest BCUT2D eigenvalue weighted by molar-refractivity contribution is -0.00247. The third-order valence-corrected chi connectivity index (χ3v) is 6.35. The fraction of sp³-hybridized carbons (Fsp3) is 0.333. The van der Waals surface area contributed by atoms with Crippen molar-refractivity contribution in [2.45, 2.75) is 12.5 Å². The molecule has 0 N–H and O–H groups in total. The van der Waals surface area contributed by atoms with Crippen LogP contribution in [0.5, 0.6) is 0 Å². The van der Waals surface area contributed by atoms with E-state index in [1.54, 1.807) is 6.07 Å². The van der Waals surface area contributed by atoms with Crippen LogP contribution in [-0.2, 0) is 21.2 Å². The van der Waals surface area contributed by atoms with Crippen LogP contribution in [0.25, 0.3) is 0 Å². The molecule has 1 fully saturated rings. The zero-order chi connectivity index (χ0) is 17.0. The summed E-state index contributed by atoms with van der Waals surface area (Å²) in [7, 11) is -3.33. The van der Waals surface area contributed by atoms with Crippen LogP contribution in [-0.4, -0.2) is 38.2 Å². The summed E-state index contributed by atoms with van der Waals surface area (Å²) in [6, 6.07) is 17.1. The molecule has 1 heterocycles. The van der Waals surface area contributed by atoms with Gasteiger partial charge in [-0.3, -0.25) is 0 Å². The van der Waals surface area contributed by atoms with Crippen LogP contribution in [0.4, 0.5) is 0 Å². The first-order valence-electron chi connectivity index (χ1n) is 7.94. The maximum atomic E-state index is 12.7. The Labute approximate surface area is 148 Å². The topological polar surface area (TPSA) is 46.6 Å². The molecule has 0 bridgehead atoms. The molecule has 1 atom stereocenters. The van der Waals surface area contributed by atoms with E-state index in [4.69, 9.17) is 16.3 Å². The maximum Gasteiger partial charge on any atom is 0.214 e. The summed E-state index contributed by atoms with van der Waals surface area (Å²) < 4.78 is 32.6. The van der Waals surface area contributed by atoms with Crippen LogP contribution in [0.2, 0.25) is 5.02 Å². The first-order chi connectivity index (χ1) is 11.6. The molecule has 0 amide bonds. The lowest BCUT2D eigenvalue weighted by atomic mass is 10.1. The molecule has 1 aliphatic rings. The first-order valence-corrected chi connectivity index (χ1v) is 9.93. The van der Waals surface area contributed by atoms with Gasteiger partial charge < -0.3 is 4.74 Å². The molecule has 1 saturated heterocycles. The monoisotopic (exact) mass is 365 g/mol. The third kappa shape index (κ3) is 4.16. The minimum atomic E-state index is -3.33. The van der Waals surface area contributed by atoms with Crippen LogP contribution in [0.15, 0.2) is 54.6 Å². The largest absolute Gasteiger partial charge is 0.371 e. The Morgan fingerprint density at radius 1 is 1.08 bits per heavy atom. The first kappa shape index (κ1) is 17.4. The number of sulfonamides is 1. The lowest BCUT2D eigenvalue weighted by Gasteiger charge is -2.32. The molecular formula is C18H20ClNO3S. The van der Waals surface area contributed by atoms with Gasteiger partial charge in [0.25, 0.3) is 0 Å². The zero-order valence-electron chi connectivity index (χ0n) is 13.3. The molecule has 0 aromatic heterocycles. The molecule has 3 rings (SSSR count). The summed E-state index contributed by atoms with van der Waals surface area (Å²) in [5, 5.41) is 0.603. The Hall–Kier alpha value is -1.40. The Morgan fingerprint density at radius 2 is 1.79 bits per heavy atom. The van der Waals surface area contributed by atoms with Gasteiger partial charge in [-0.05, 0) is 18.1 Å². The van der Waals surface area contributed by atoms with E-state index >= 15 is 0 Å². The molecule has 4 nitrogen and oxygen atoms in total. The summed E-state index contributed by atoms with van der Waals surface area (Å²) in [6.07, 6.45) is 0.191. The normalized spacial score (nSPS) is 19.3. The van der Waals surface area contributed by atoms with Gasteiger partial charge in [0.1, 0.15) is 0 Å². The number of nitrogens with zero attached hydrogens (tertiary/aromatic N) is 1. The number of halogens is 1. The molecule has 0 aliphatic carbocycles. The fourth-order valence-corrected chi connectivity index (χ4v) is 4.55. The van der Waals surface area contributed by atoms with E-state index < -0.39 is 10.0 Å². The smallest absolute Gasteiger partial charge is 0.214 e. The van der Waals surface area contributed by atoms with E-state index in [2.05, 4.69) is 0 Å². The van der Waals surface area contributed by atoms with Crippen molar-refractivity contribution in [1.82, 2.24) is 4.31 Å². The van der Waals surface area contributed by atoms with Gasteiger partial charge in [-0.25, -0.2) is 8.42 Å². The highest BCUT2D eigenvalue weighted by atomic mass is 35.5. The fourth-order valence-electron chi connectivity index (χ4n) is 2.82. The van der Waals surface area contributed by atoms with Crippen molar-refractivity contribution in [2.24, 2.45) is 0 Å². The average Bonchev–Trinajstić information content (AvgIpc) is 2.61. The number of aryl methyl sites for hydroxylation is 1. The lowest BCUT2D eigenvalue weighted by Crippen LogP contribution is -2.43. The Bertz CT molecular complexity index is 780. The molecule has 2 aromatic carbocycles. The number of morpholine rings is 1. The van der Waals surface area contributed by atoms with E-state index in [1.165, 1.54) is 4.31 Å². The zero-order valence-corrected chi connectivity index (χ0v) is 14.8. The highest BCUT2D eigenvalue weighted by Gasteiger charge is 2.30. The number of hydrogen-bond acceptors (Lipinski definition) is 3. The summed E-state index contributed by atoms with van der Waals surface area (Å²) in [5.41, 5.74) is 1.86. The van der Waals surface area contributed by atoms with Crippen LogP contribution < -0.4 is 0 Å². The minimum Gasteiger partial charge on any atom is -0.371 e. The van der Waals surface area contributed by atoms with Crippen molar-refractivity contribution in [3.05, 3.63) is 70.7 Å². The Morgan fingerprint density at radius 3 is 2.54 bits per heavy atom. The van der Waals surface area contributed by atoms with Crippen molar-refractivity contribution in [1.29, 1.82) is 0 Å². The summed E-state index contributed by atoms with van der Waals surface area (Å²) >= 11 is 6.21. The summed E-state index contributed by atoms with van der Waals surface area (Å²) in [5.74, 6) is 0.103. The second-order valence-electron chi connectivity index (χ2n) is 5.79. The third-order valence-electron chi connectivity index (χ3n) is 4.17. The molecule has 1 aliphatic heterocycles. The van der Waals surface area contributed by atoms with E-state index in [1.807, 2.05) is 48.5 Å². The van der Waals surface area contributed by atoms with Gasteiger partial charge in [-0.15, -0.1) is 0 Å². The summed E-state index contributed by atoms with van der Waals surface area (Å²) in [6.45, 7) is 1.07. The van der Waals surface area contributed by atoms with E-state index in [0.29, 0.717) is 31.1 Å². The SMILES string of the molecule is O=S(=O)(CCc1ccccc1)N1CCOC(c2ccccc2Cl)C1. The highest BCUT2D eigenvalue weighted by Crippen LogP contribution is 2.29. The Balaban J connectivity index is 1.68. The van der Waals surface area contributed by atoms with Crippen LogP contribution in [0.1, 0.15) is 17.2 Å². The minimum absolute atomic E-state index is 0.103. The number of hydrogen-bond donors (Lipinski definition) is 0. The van der Waals surface area contributed by atoms with Gasteiger partial charge in [-0.1, -0.05) is 60.1 Å². The van der Waals surface area contributed by atoms with Crippen molar-refractivity contribution in [3.8, 4) is 0 Å². The predicted octanol–water partition coefficient (Wildman–Crippen LogP) is 3.29. The van der Waals surface area contributed by atoms with Gasteiger partial charge in [-0.2, -0.15) is 4.31 Å². The molecule has 128 valence electrons. The van der Waals surface area contributed by atoms with Gasteiger partial charge in [0.05, 0.1) is 18.5 Å². The molecule has 2 aromatic rings. The van der Waals surface area contributed by atoms with Crippen molar-refractivity contribution in [3.63, 3.8) is 0 Å². The quantitative estimate of drug-likeness (QED) is 0.816. The summed E-state index contributed by atoms with van der Waals surface area (Å²) in [4.78, 5) is 0. The predicted molar refractivity (Wildman–Crippen MR) is 95.7 cm³/mol. The van der Waals surface area contributed by atoms with E-state index in [0.717, 1.165) is 11.1 Å². The molecule has 0 spiro atoms. The second-order valence-corrected chi connectivity index (χ2v) is 8.29. The van der Waals surface area contributed by atoms with Crippen LogP contribution in [0, 0.1) is 0 Å². The van der Waals surface area contributed by atoms with Crippen LogP contribution >= 0.6 is 11.6 Å². The van der Waals surface area contributed by atoms with E-state index in [9.17, 15) is 8.42 Å². The van der Waals surface area contributed by atoms with Crippen molar-refractivity contribution in [2.75, 3.05) is 25.4 Å². The van der Waals surface area contributed by atoms with Gasteiger partial charge in [0.15, 0.2) is 0 Å². The standard InChI is InChI=1S/C18H20ClNO3S/c19-17-9-5-4-8-16(17)18-14-20(11-12-23-18)24(21,22)13-10-15-6-2-1-3-7-15/h1-9,18H,10-14H2. The molecule has 1 unspecified atom stereocenters. The average molecular weight is 366 g/mol. The number of benzene rings is 2. The maximum absolute atomic E-state index is 12.7. The van der Waals surface area contributed by atoms with Crippen LogP contribution in [0.3, 0.4) is 0 Å². The number of rotatable bonds is 5. The van der Waals surface area contributed by atoms with Gasteiger partial charge in [0.2, 0.25) is 10.0 Å². The molecule has 24 heavy (non-hydrogen) atoms. The Kier molecular flexibility index (Phi) is 5.56. The van der Waals surface area contributed by atoms with Crippen molar-refractivity contribution < 1.29 is 13.2 Å². The van der Waals surface area contributed by atoms with Crippen molar-refractivity contribution >= 4 is 21.6 Å². The molecule has 0 radical (unpaired) electrons. The van der Waals surface area contributed by atoms with E-state index in [-0.39, 0.29) is 11.9 Å². The van der Waals surface area contributed by atoms with Gasteiger partial charge >= 0.3 is 0 Å². The highest BCUT2D eigenvalue weighted by molar-refractivity contribution is 7.89. The van der Waals surface area contributed by atoms with Gasteiger partial charge in [0, 0.05) is 23.7 Å². The second kappa shape index (κ2) is 7.66. The molecule has 0 saturated carbocycles. The molecule has 6 heteroatoms.